The third kappa shape index (κ3) is 1.59. The van der Waals surface area contributed by atoms with Crippen LogP contribution in [0.3, 0.4) is 0 Å². The summed E-state index contributed by atoms with van der Waals surface area (Å²) in [5.41, 5.74) is 0. The molecule has 0 N–H and O–H groups in total. The zero-order valence-corrected chi connectivity index (χ0v) is 10.4. The Hall–Kier alpha value is -0.517. The van der Waals surface area contributed by atoms with Crippen LogP contribution in [0.15, 0.2) is 9.98 Å². The molecule has 0 aromatic carbocycles. The average Bonchev–Trinajstić information content (AvgIpc) is 2.78. The molecule has 0 saturated carbocycles. The first kappa shape index (κ1) is 9.05. The van der Waals surface area contributed by atoms with E-state index in [2.05, 4.69) is 29.2 Å². The Morgan fingerprint density at radius 1 is 1.00 bits per heavy atom. The van der Waals surface area contributed by atoms with Gasteiger partial charge in [0.05, 0.1) is 0 Å². The molecule has 5 heteroatoms. The van der Waals surface area contributed by atoms with E-state index >= 15 is 0 Å². The third-order valence-electron chi connectivity index (χ3n) is 2.79. The SMILES string of the molecule is [CH3][Ge]([CH3])([N]1C=NCC1)[N]1C=NCC1. The van der Waals surface area contributed by atoms with Gasteiger partial charge in [-0.25, -0.2) is 0 Å². The predicted molar refractivity (Wildman–Crippen MR) is 57.6 cm³/mol. The Labute approximate surface area is 82.1 Å². The summed E-state index contributed by atoms with van der Waals surface area (Å²) in [6, 6.07) is 0. The predicted octanol–water partition coefficient (Wildman–Crippen LogP) is 0.376. The molecule has 0 amide bonds. The number of nitrogens with zero attached hydrogens (tertiary/aromatic N) is 4. The van der Waals surface area contributed by atoms with Crippen molar-refractivity contribution in [2.45, 2.75) is 11.5 Å². The van der Waals surface area contributed by atoms with Gasteiger partial charge in [0.25, 0.3) is 0 Å². The van der Waals surface area contributed by atoms with E-state index in [4.69, 9.17) is 0 Å². The van der Waals surface area contributed by atoms with Crippen molar-refractivity contribution in [2.75, 3.05) is 26.2 Å². The quantitative estimate of drug-likeness (QED) is 0.654. The summed E-state index contributed by atoms with van der Waals surface area (Å²) in [7, 11) is 0. The van der Waals surface area contributed by atoms with Crippen molar-refractivity contribution in [3.05, 3.63) is 0 Å². The summed E-state index contributed by atoms with van der Waals surface area (Å²) in [4.78, 5) is 8.56. The fraction of sp³-hybridized carbons (Fsp3) is 0.750. The van der Waals surface area contributed by atoms with Gasteiger partial charge in [-0.1, -0.05) is 0 Å². The van der Waals surface area contributed by atoms with Crippen LogP contribution in [0, 0.1) is 0 Å². The summed E-state index contributed by atoms with van der Waals surface area (Å²) >= 11 is -1.99. The first-order valence-corrected chi connectivity index (χ1v) is 10.8. The molecule has 0 unspecified atom stereocenters. The molecular weight excluding hydrogens is 225 g/mol. The van der Waals surface area contributed by atoms with Gasteiger partial charge in [0.2, 0.25) is 0 Å². The van der Waals surface area contributed by atoms with Crippen LogP contribution in [0.2, 0.25) is 11.5 Å². The van der Waals surface area contributed by atoms with Gasteiger partial charge in [-0.15, -0.1) is 0 Å². The van der Waals surface area contributed by atoms with Crippen LogP contribution in [-0.4, -0.2) is 60.3 Å². The minimum atomic E-state index is -1.99. The molecule has 2 aliphatic rings. The normalized spacial score (nSPS) is 22.0. The van der Waals surface area contributed by atoms with Crippen LogP contribution < -0.4 is 0 Å². The van der Waals surface area contributed by atoms with E-state index in [1.165, 1.54) is 0 Å². The molecule has 2 aliphatic heterocycles. The Bertz CT molecular complexity index is 225. The van der Waals surface area contributed by atoms with Crippen molar-refractivity contribution < 1.29 is 0 Å². The molecule has 0 aromatic rings. The van der Waals surface area contributed by atoms with Crippen LogP contribution in [-0.2, 0) is 0 Å². The van der Waals surface area contributed by atoms with Crippen LogP contribution in [0.25, 0.3) is 0 Å². The fourth-order valence-electron chi connectivity index (χ4n) is 1.75. The van der Waals surface area contributed by atoms with Gasteiger partial charge in [-0.3, -0.25) is 0 Å². The Balaban J connectivity index is 2.09. The molecule has 2 heterocycles. The summed E-state index contributed by atoms with van der Waals surface area (Å²) in [5, 5.41) is 0. The summed E-state index contributed by atoms with van der Waals surface area (Å²) in [5.74, 6) is 4.80. The minimum absolute atomic E-state index is 0.972. The van der Waals surface area contributed by atoms with Crippen molar-refractivity contribution in [3.63, 3.8) is 0 Å². The van der Waals surface area contributed by atoms with E-state index in [1.807, 2.05) is 12.7 Å². The van der Waals surface area contributed by atoms with Crippen LogP contribution in [0.4, 0.5) is 0 Å². The number of hydrogen-bond acceptors (Lipinski definition) is 4. The summed E-state index contributed by atoms with van der Waals surface area (Å²) in [6.07, 6.45) is 4.07. The van der Waals surface area contributed by atoms with E-state index in [0.29, 0.717) is 0 Å². The van der Waals surface area contributed by atoms with Crippen molar-refractivity contribution in [3.8, 4) is 0 Å². The van der Waals surface area contributed by atoms with Gasteiger partial charge in [-0.2, -0.15) is 0 Å². The maximum atomic E-state index is 4.28. The van der Waals surface area contributed by atoms with Gasteiger partial charge in [0.15, 0.2) is 0 Å². The number of rotatable bonds is 2. The molecule has 0 atom stereocenters. The van der Waals surface area contributed by atoms with Crippen LogP contribution >= 0.6 is 0 Å². The summed E-state index contributed by atoms with van der Waals surface area (Å²) < 4.78 is 4.91. The molecule has 72 valence electrons. The molecule has 2 rings (SSSR count). The zero-order chi connectivity index (χ0) is 9.31. The standard InChI is InChI=1S/C8H16GeN4/c1-9(2,12-5-3-10-7-12)13-6-4-11-8-13/h7-8H,3-6H2,1-2H3. The van der Waals surface area contributed by atoms with Gasteiger partial charge in [0.1, 0.15) is 0 Å². The first-order chi connectivity index (χ1) is 6.21. The second kappa shape index (κ2) is 3.32. The van der Waals surface area contributed by atoms with Gasteiger partial charge in [0, 0.05) is 0 Å². The zero-order valence-electron chi connectivity index (χ0n) is 8.27. The van der Waals surface area contributed by atoms with Gasteiger partial charge >= 0.3 is 81.8 Å². The molecule has 13 heavy (non-hydrogen) atoms. The number of hydrogen-bond donors (Lipinski definition) is 0. The van der Waals surface area contributed by atoms with Gasteiger partial charge in [-0.05, 0) is 0 Å². The maximum absolute atomic E-state index is 4.28. The monoisotopic (exact) mass is 242 g/mol. The second-order valence-corrected chi connectivity index (χ2v) is 12.6. The molecule has 0 spiro atoms. The molecule has 0 aliphatic carbocycles. The summed E-state index contributed by atoms with van der Waals surface area (Å²) in [6.45, 7) is 4.16. The second-order valence-electron chi connectivity index (χ2n) is 3.92. The molecule has 0 bridgehead atoms. The fourth-order valence-corrected chi connectivity index (χ4v) is 6.69. The average molecular weight is 241 g/mol. The molecule has 0 radical (unpaired) electrons. The Kier molecular flexibility index (Phi) is 2.32. The molecule has 4 nitrogen and oxygen atoms in total. The van der Waals surface area contributed by atoms with E-state index in [1.54, 1.807) is 0 Å². The van der Waals surface area contributed by atoms with Crippen LogP contribution in [0.5, 0.6) is 0 Å². The van der Waals surface area contributed by atoms with E-state index < -0.39 is 13.7 Å². The van der Waals surface area contributed by atoms with Crippen molar-refractivity contribution in [1.82, 2.24) is 7.71 Å². The van der Waals surface area contributed by atoms with E-state index in [9.17, 15) is 0 Å². The van der Waals surface area contributed by atoms with Crippen molar-refractivity contribution in [1.29, 1.82) is 0 Å². The third-order valence-corrected chi connectivity index (χ3v) is 10.1. The Morgan fingerprint density at radius 3 is 1.77 bits per heavy atom. The first-order valence-electron chi connectivity index (χ1n) is 4.74. The van der Waals surface area contributed by atoms with Gasteiger partial charge < -0.3 is 0 Å². The van der Waals surface area contributed by atoms with Crippen molar-refractivity contribution in [2.24, 2.45) is 9.98 Å². The Morgan fingerprint density at radius 2 is 1.46 bits per heavy atom. The topological polar surface area (TPSA) is 31.2 Å². The van der Waals surface area contributed by atoms with Crippen LogP contribution in [0.1, 0.15) is 0 Å². The molecular formula is C8H16GeN4. The molecule has 0 fully saturated rings. The van der Waals surface area contributed by atoms with Crippen molar-refractivity contribution >= 4 is 26.4 Å². The van der Waals surface area contributed by atoms with E-state index in [-0.39, 0.29) is 0 Å². The molecule has 0 saturated heterocycles. The molecule has 0 aromatic heterocycles. The van der Waals surface area contributed by atoms with E-state index in [0.717, 1.165) is 26.2 Å². The number of aliphatic imine (C=N–C) groups is 2.